The number of amides is 1. The molecule has 0 aliphatic heterocycles. The van der Waals surface area contributed by atoms with Crippen molar-refractivity contribution in [1.82, 2.24) is 9.97 Å². The number of hydrogen-bond acceptors (Lipinski definition) is 6. The van der Waals surface area contributed by atoms with Crippen LogP contribution in [0.3, 0.4) is 0 Å². The van der Waals surface area contributed by atoms with Crippen LogP contribution in [-0.4, -0.2) is 30.0 Å². The van der Waals surface area contributed by atoms with E-state index >= 15 is 0 Å². The van der Waals surface area contributed by atoms with Crippen LogP contribution >= 0.6 is 11.3 Å². The van der Waals surface area contributed by atoms with Crippen LogP contribution in [-0.2, 0) is 6.54 Å². The van der Waals surface area contributed by atoms with E-state index in [1.807, 2.05) is 25.1 Å². The number of rotatable bonds is 4. The van der Waals surface area contributed by atoms with Gasteiger partial charge in [0.05, 0.1) is 11.9 Å². The molecular formula is C12H15N5OS. The molecule has 2 aromatic rings. The Morgan fingerprint density at radius 1 is 1.47 bits per heavy atom. The quantitative estimate of drug-likeness (QED) is 0.880. The third-order valence-electron chi connectivity index (χ3n) is 2.42. The summed E-state index contributed by atoms with van der Waals surface area (Å²) in [6, 6.07) is 3.64. The van der Waals surface area contributed by atoms with Crippen LogP contribution in [0, 0.1) is 0 Å². The van der Waals surface area contributed by atoms with E-state index in [4.69, 9.17) is 5.73 Å². The van der Waals surface area contributed by atoms with Gasteiger partial charge in [-0.3, -0.25) is 4.79 Å². The van der Waals surface area contributed by atoms with Gasteiger partial charge in [-0.1, -0.05) is 0 Å². The first-order valence-corrected chi connectivity index (χ1v) is 6.57. The Hall–Kier alpha value is -1.99. The van der Waals surface area contributed by atoms with Gasteiger partial charge in [-0.15, -0.1) is 11.3 Å². The van der Waals surface area contributed by atoms with Gasteiger partial charge in [-0.2, -0.15) is 0 Å². The number of nitrogens with zero attached hydrogens (tertiary/aromatic N) is 3. The smallest absolute Gasteiger partial charge is 0.275 e. The molecule has 2 aromatic heterocycles. The number of carbonyl (C=O) groups is 1. The highest BCUT2D eigenvalue weighted by Gasteiger charge is 2.10. The van der Waals surface area contributed by atoms with E-state index in [0.717, 1.165) is 10.8 Å². The van der Waals surface area contributed by atoms with Crippen LogP contribution in [0.15, 0.2) is 23.7 Å². The average Bonchev–Trinajstić information content (AvgIpc) is 2.88. The number of anilines is 2. The van der Waals surface area contributed by atoms with Crippen LogP contribution in [0.1, 0.15) is 15.5 Å². The van der Waals surface area contributed by atoms with Crippen molar-refractivity contribution in [3.63, 3.8) is 0 Å². The molecule has 3 N–H and O–H groups in total. The van der Waals surface area contributed by atoms with Crippen LogP contribution in [0.5, 0.6) is 0 Å². The minimum absolute atomic E-state index is 0.254. The Labute approximate surface area is 115 Å². The fraction of sp³-hybridized carbons (Fsp3) is 0.250. The topological polar surface area (TPSA) is 84.1 Å². The summed E-state index contributed by atoms with van der Waals surface area (Å²) >= 11 is 1.38. The Bertz CT molecular complexity index is 564. The molecule has 0 unspecified atom stereocenters. The lowest BCUT2D eigenvalue weighted by Gasteiger charge is -2.11. The number of nitrogens with two attached hydrogens (primary N) is 1. The first kappa shape index (κ1) is 13.4. The summed E-state index contributed by atoms with van der Waals surface area (Å²) in [5.41, 5.74) is 6.48. The summed E-state index contributed by atoms with van der Waals surface area (Å²) < 4.78 is 0. The summed E-state index contributed by atoms with van der Waals surface area (Å²) in [4.78, 5) is 22.1. The predicted molar refractivity (Wildman–Crippen MR) is 76.5 cm³/mol. The van der Waals surface area contributed by atoms with Crippen molar-refractivity contribution < 1.29 is 4.79 Å². The standard InChI is InChI=1S/C12H15N5OS/c1-17(2)10-4-3-8(6-14-10)15-12(18)9-7-19-11(5-13)16-9/h3-4,6-7H,5,13H2,1-2H3,(H,15,18). The van der Waals surface area contributed by atoms with Crippen molar-refractivity contribution in [2.75, 3.05) is 24.3 Å². The largest absolute Gasteiger partial charge is 0.363 e. The Morgan fingerprint density at radius 3 is 2.79 bits per heavy atom. The van der Waals surface area contributed by atoms with Crippen LogP contribution in [0.2, 0.25) is 0 Å². The number of thiazole rings is 1. The minimum Gasteiger partial charge on any atom is -0.363 e. The van der Waals surface area contributed by atoms with Crippen LogP contribution in [0.4, 0.5) is 11.5 Å². The second-order valence-electron chi connectivity index (χ2n) is 4.08. The van der Waals surface area contributed by atoms with Gasteiger partial charge in [0.15, 0.2) is 0 Å². The lowest BCUT2D eigenvalue weighted by Crippen LogP contribution is -2.14. The number of aromatic nitrogens is 2. The van der Waals surface area contributed by atoms with Gasteiger partial charge in [0.25, 0.3) is 5.91 Å². The highest BCUT2D eigenvalue weighted by atomic mass is 32.1. The molecule has 7 heteroatoms. The lowest BCUT2D eigenvalue weighted by molar-refractivity contribution is 0.102. The maximum atomic E-state index is 11.9. The van der Waals surface area contributed by atoms with Gasteiger partial charge >= 0.3 is 0 Å². The summed E-state index contributed by atoms with van der Waals surface area (Å²) in [6.45, 7) is 0.344. The summed E-state index contributed by atoms with van der Waals surface area (Å²) in [5.74, 6) is 0.576. The predicted octanol–water partition coefficient (Wildman–Crippen LogP) is 1.32. The molecule has 2 heterocycles. The number of carbonyl (C=O) groups excluding carboxylic acids is 1. The first-order valence-electron chi connectivity index (χ1n) is 5.69. The second-order valence-corrected chi connectivity index (χ2v) is 5.03. The Kier molecular flexibility index (Phi) is 4.08. The molecule has 2 rings (SSSR count). The van der Waals surface area contributed by atoms with Crippen LogP contribution < -0.4 is 16.0 Å². The first-order chi connectivity index (χ1) is 9.10. The average molecular weight is 277 g/mol. The molecule has 0 bridgehead atoms. The van der Waals surface area contributed by atoms with Gasteiger partial charge in [0.2, 0.25) is 0 Å². The molecule has 0 saturated carbocycles. The third kappa shape index (κ3) is 3.27. The van der Waals surface area contributed by atoms with Gasteiger partial charge in [0.1, 0.15) is 16.5 Å². The molecule has 0 saturated heterocycles. The second kappa shape index (κ2) is 5.77. The molecule has 1 amide bonds. The van der Waals surface area contributed by atoms with Gasteiger partial charge < -0.3 is 16.0 Å². The molecule has 0 radical (unpaired) electrons. The SMILES string of the molecule is CN(C)c1ccc(NC(=O)c2csc(CN)n2)cn1. The highest BCUT2D eigenvalue weighted by Crippen LogP contribution is 2.14. The number of nitrogens with one attached hydrogen (secondary N) is 1. The van der Waals surface area contributed by atoms with Crippen molar-refractivity contribution >= 4 is 28.7 Å². The van der Waals surface area contributed by atoms with E-state index in [-0.39, 0.29) is 5.91 Å². The van der Waals surface area contributed by atoms with Crippen LogP contribution in [0.25, 0.3) is 0 Å². The van der Waals surface area contributed by atoms with Crippen molar-refractivity contribution in [2.45, 2.75) is 6.54 Å². The molecule has 6 nitrogen and oxygen atoms in total. The highest BCUT2D eigenvalue weighted by molar-refractivity contribution is 7.09. The molecule has 0 fully saturated rings. The Balaban J connectivity index is 2.06. The molecule has 0 spiro atoms. The van der Waals surface area contributed by atoms with Crippen molar-refractivity contribution in [1.29, 1.82) is 0 Å². The van der Waals surface area contributed by atoms with Crippen molar-refractivity contribution in [3.05, 3.63) is 34.4 Å². The van der Waals surface area contributed by atoms with Crippen molar-refractivity contribution in [3.8, 4) is 0 Å². The number of pyridine rings is 1. The van der Waals surface area contributed by atoms with Gasteiger partial charge in [-0.25, -0.2) is 9.97 Å². The monoisotopic (exact) mass is 277 g/mol. The lowest BCUT2D eigenvalue weighted by atomic mass is 10.3. The maximum Gasteiger partial charge on any atom is 0.275 e. The fourth-order valence-corrected chi connectivity index (χ4v) is 2.08. The molecular weight excluding hydrogens is 262 g/mol. The normalized spacial score (nSPS) is 10.3. The van der Waals surface area contributed by atoms with E-state index in [1.165, 1.54) is 11.3 Å². The zero-order chi connectivity index (χ0) is 13.8. The number of hydrogen-bond donors (Lipinski definition) is 2. The van der Waals surface area contributed by atoms with E-state index < -0.39 is 0 Å². The zero-order valence-electron chi connectivity index (χ0n) is 10.8. The molecule has 0 aliphatic rings. The molecule has 0 aliphatic carbocycles. The summed E-state index contributed by atoms with van der Waals surface area (Å²) in [6.07, 6.45) is 1.61. The van der Waals surface area contributed by atoms with Gasteiger partial charge in [0, 0.05) is 26.0 Å². The van der Waals surface area contributed by atoms with E-state index in [1.54, 1.807) is 17.6 Å². The third-order valence-corrected chi connectivity index (χ3v) is 3.29. The molecule has 100 valence electrons. The van der Waals surface area contributed by atoms with Crippen molar-refractivity contribution in [2.24, 2.45) is 5.73 Å². The molecule has 0 atom stereocenters. The fourth-order valence-electron chi connectivity index (χ4n) is 1.43. The Morgan fingerprint density at radius 2 is 2.26 bits per heavy atom. The van der Waals surface area contributed by atoms with E-state index in [0.29, 0.717) is 17.9 Å². The summed E-state index contributed by atoms with van der Waals surface area (Å²) in [5, 5.41) is 5.18. The zero-order valence-corrected chi connectivity index (χ0v) is 11.6. The molecule has 0 aromatic carbocycles. The van der Waals surface area contributed by atoms with E-state index in [2.05, 4.69) is 15.3 Å². The van der Waals surface area contributed by atoms with Gasteiger partial charge in [-0.05, 0) is 12.1 Å². The van der Waals surface area contributed by atoms with E-state index in [9.17, 15) is 4.79 Å². The molecule has 19 heavy (non-hydrogen) atoms. The summed E-state index contributed by atoms with van der Waals surface area (Å²) in [7, 11) is 3.81. The minimum atomic E-state index is -0.254. The maximum absolute atomic E-state index is 11.9.